The number of aryl methyl sites for hydroxylation is 1. The third-order valence-corrected chi connectivity index (χ3v) is 2.62. The zero-order valence-corrected chi connectivity index (χ0v) is 13.4. The molecule has 0 spiro atoms. The molecule has 97 valence electrons. The molecule has 0 fully saturated rings. The zero-order valence-electron chi connectivity index (χ0n) is 11.0. The van der Waals surface area contributed by atoms with Gasteiger partial charge in [0.2, 0.25) is 0 Å². The number of rotatable bonds is 1. The molecule has 0 atom stereocenters. The van der Waals surface area contributed by atoms with Crippen LogP contribution < -0.4 is 0 Å². The Bertz CT molecular complexity index is 533. The molecule has 0 saturated heterocycles. The second kappa shape index (κ2) is 5.68. The number of pyridine rings is 1. The van der Waals surface area contributed by atoms with E-state index in [0.29, 0.717) is 0 Å². The summed E-state index contributed by atoms with van der Waals surface area (Å²) in [6.45, 7) is 8.38. The molecule has 0 bridgehead atoms. The molecule has 18 heavy (non-hydrogen) atoms. The smallest absolute Gasteiger partial charge is 0.105 e. The molecule has 0 saturated carbocycles. The predicted molar refractivity (Wildman–Crippen MR) is 67.5 cm³/mol. The van der Waals surface area contributed by atoms with Crippen LogP contribution in [0.3, 0.4) is 0 Å². The number of hydrogen-bond acceptors (Lipinski definition) is 3. The molecule has 2 heterocycles. The van der Waals surface area contributed by atoms with Crippen LogP contribution in [0.4, 0.5) is 0 Å². The molecule has 3 nitrogen and oxygen atoms in total. The van der Waals surface area contributed by atoms with Crippen LogP contribution in [0.25, 0.3) is 11.3 Å². The molecule has 0 aromatic carbocycles. The normalized spacial score (nSPS) is 10.9. The van der Waals surface area contributed by atoms with Crippen LogP contribution in [0.15, 0.2) is 24.7 Å². The number of aromatic nitrogens is 3. The van der Waals surface area contributed by atoms with E-state index in [4.69, 9.17) is 0 Å². The average Bonchev–Trinajstić information content (AvgIpc) is 2.29. The summed E-state index contributed by atoms with van der Waals surface area (Å²) in [6, 6.07) is 7.00. The minimum Gasteiger partial charge on any atom is -0.357 e. The van der Waals surface area contributed by atoms with Gasteiger partial charge in [-0.05, 0) is 11.4 Å². The zero-order chi connectivity index (χ0) is 12.5. The van der Waals surface area contributed by atoms with E-state index in [2.05, 4.69) is 41.8 Å². The van der Waals surface area contributed by atoms with E-state index in [1.54, 1.807) is 18.6 Å². The molecule has 0 N–H and O–H groups in total. The first kappa shape index (κ1) is 14.9. The van der Waals surface area contributed by atoms with Gasteiger partial charge in [-0.1, -0.05) is 40.0 Å². The maximum Gasteiger partial charge on any atom is 0.105 e. The van der Waals surface area contributed by atoms with E-state index in [-0.39, 0.29) is 25.5 Å². The van der Waals surface area contributed by atoms with Crippen LogP contribution >= 0.6 is 0 Å². The van der Waals surface area contributed by atoms with Gasteiger partial charge in [0.05, 0.1) is 0 Å². The Morgan fingerprint density at radius 2 is 1.83 bits per heavy atom. The molecule has 2 aromatic heterocycles. The van der Waals surface area contributed by atoms with E-state index in [0.717, 1.165) is 22.6 Å². The molecule has 0 aliphatic carbocycles. The molecular formula is C14H16IrN3-. The van der Waals surface area contributed by atoms with E-state index in [1.165, 1.54) is 0 Å². The van der Waals surface area contributed by atoms with Gasteiger partial charge in [-0.3, -0.25) is 4.98 Å². The van der Waals surface area contributed by atoms with E-state index in [9.17, 15) is 0 Å². The average molecular weight is 419 g/mol. The van der Waals surface area contributed by atoms with Crippen molar-refractivity contribution in [3.8, 4) is 11.3 Å². The summed E-state index contributed by atoms with van der Waals surface area (Å²) >= 11 is 0. The van der Waals surface area contributed by atoms with Crippen molar-refractivity contribution in [1.29, 1.82) is 0 Å². The first-order chi connectivity index (χ1) is 7.98. The minimum atomic E-state index is 0. The first-order valence-electron chi connectivity index (χ1n) is 5.64. The number of hydrogen-bond donors (Lipinski definition) is 0. The molecule has 2 rings (SSSR count). The van der Waals surface area contributed by atoms with Crippen molar-refractivity contribution < 1.29 is 20.1 Å². The summed E-state index contributed by atoms with van der Waals surface area (Å²) in [7, 11) is 0. The standard InChI is InChI=1S/C14H16N3.Ir/c1-10-11(6-5-7-15-10)12-8-13(14(2,3)4)17-9-16-12;/h5,7-9H,1-4H3;/q-1;. The van der Waals surface area contributed by atoms with E-state index in [1.807, 2.05) is 13.0 Å². The van der Waals surface area contributed by atoms with Crippen molar-refractivity contribution >= 4 is 0 Å². The molecule has 4 heteroatoms. The Kier molecular flexibility index (Phi) is 4.71. The Balaban J connectivity index is 0.00000162. The summed E-state index contributed by atoms with van der Waals surface area (Å²) in [4.78, 5) is 12.9. The summed E-state index contributed by atoms with van der Waals surface area (Å²) in [5.74, 6) is 0. The van der Waals surface area contributed by atoms with E-state index < -0.39 is 0 Å². The van der Waals surface area contributed by atoms with Crippen LogP contribution in [-0.4, -0.2) is 15.0 Å². The maximum absolute atomic E-state index is 4.32. The van der Waals surface area contributed by atoms with Crippen molar-refractivity contribution in [2.75, 3.05) is 0 Å². The Morgan fingerprint density at radius 3 is 2.44 bits per heavy atom. The molecular weight excluding hydrogens is 402 g/mol. The largest absolute Gasteiger partial charge is 0.357 e. The Labute approximate surface area is 121 Å². The quantitative estimate of drug-likeness (QED) is 0.669. The molecule has 0 amide bonds. The molecule has 0 unspecified atom stereocenters. The second-order valence-electron chi connectivity index (χ2n) is 5.09. The fourth-order valence-corrected chi connectivity index (χ4v) is 1.60. The van der Waals surface area contributed by atoms with Gasteiger partial charge in [-0.2, -0.15) is 0 Å². The maximum atomic E-state index is 4.32. The monoisotopic (exact) mass is 419 g/mol. The minimum absolute atomic E-state index is 0. The second-order valence-corrected chi connectivity index (χ2v) is 5.09. The number of nitrogens with zero attached hydrogens (tertiary/aromatic N) is 3. The van der Waals surface area contributed by atoms with Crippen molar-refractivity contribution in [3.63, 3.8) is 0 Å². The van der Waals surface area contributed by atoms with Gasteiger partial charge in [0.25, 0.3) is 0 Å². The predicted octanol–water partition coefficient (Wildman–Crippen LogP) is 2.94. The van der Waals surface area contributed by atoms with Gasteiger partial charge in [-0.15, -0.1) is 17.7 Å². The summed E-state index contributed by atoms with van der Waals surface area (Å²) in [5.41, 5.74) is 3.81. The third kappa shape index (κ3) is 3.21. The SMILES string of the molecule is Cc1ncc[c-]c1-c1cc(C(C)(C)C)ncn1.[Ir]. The van der Waals surface area contributed by atoms with Gasteiger partial charge < -0.3 is 4.98 Å². The van der Waals surface area contributed by atoms with Crippen molar-refractivity contribution in [2.45, 2.75) is 33.1 Å². The Morgan fingerprint density at radius 1 is 1.11 bits per heavy atom. The van der Waals surface area contributed by atoms with Crippen LogP contribution in [0.1, 0.15) is 32.2 Å². The first-order valence-corrected chi connectivity index (χ1v) is 5.64. The van der Waals surface area contributed by atoms with E-state index >= 15 is 0 Å². The van der Waals surface area contributed by atoms with Crippen molar-refractivity contribution in [3.05, 3.63) is 42.1 Å². The molecule has 2 aromatic rings. The fraction of sp³-hybridized carbons (Fsp3) is 0.357. The van der Waals surface area contributed by atoms with Crippen LogP contribution in [0.5, 0.6) is 0 Å². The summed E-state index contributed by atoms with van der Waals surface area (Å²) in [5, 5.41) is 0. The van der Waals surface area contributed by atoms with Crippen molar-refractivity contribution in [1.82, 2.24) is 15.0 Å². The van der Waals surface area contributed by atoms with Crippen LogP contribution in [-0.2, 0) is 25.5 Å². The topological polar surface area (TPSA) is 38.7 Å². The third-order valence-electron chi connectivity index (χ3n) is 2.62. The summed E-state index contributed by atoms with van der Waals surface area (Å²) in [6.07, 6.45) is 3.35. The van der Waals surface area contributed by atoms with Crippen LogP contribution in [0, 0.1) is 13.0 Å². The molecule has 1 radical (unpaired) electrons. The molecule has 0 aliphatic rings. The van der Waals surface area contributed by atoms with Gasteiger partial charge in [0.1, 0.15) is 6.33 Å². The molecule has 0 aliphatic heterocycles. The summed E-state index contributed by atoms with van der Waals surface area (Å²) < 4.78 is 0. The van der Waals surface area contributed by atoms with Gasteiger partial charge in [0.15, 0.2) is 0 Å². The fourth-order valence-electron chi connectivity index (χ4n) is 1.60. The van der Waals surface area contributed by atoms with Crippen LogP contribution in [0.2, 0.25) is 0 Å². The van der Waals surface area contributed by atoms with Gasteiger partial charge in [-0.25, -0.2) is 4.98 Å². The van der Waals surface area contributed by atoms with Gasteiger partial charge >= 0.3 is 0 Å². The van der Waals surface area contributed by atoms with Crippen molar-refractivity contribution in [2.24, 2.45) is 0 Å². The van der Waals surface area contributed by atoms with Gasteiger partial charge in [0, 0.05) is 31.2 Å². The Hall–Kier alpha value is -1.12.